The van der Waals surface area contributed by atoms with Crippen molar-refractivity contribution in [3.8, 4) is 0 Å². The first-order chi connectivity index (χ1) is 13.7. The number of benzene rings is 2. The largest absolute Gasteiger partial charge is 0.326 e. The highest BCUT2D eigenvalue weighted by Gasteiger charge is 2.07. The average molecular weight is 398 g/mol. The predicted octanol–water partition coefficient (Wildman–Crippen LogP) is 4.29. The average Bonchev–Trinajstić information content (AvgIpc) is 2.72. The summed E-state index contributed by atoms with van der Waals surface area (Å²) in [4.78, 5) is 13.3. The fourth-order valence-corrected chi connectivity index (χ4v) is 3.68. The molecule has 1 aromatic heterocycles. The van der Waals surface area contributed by atoms with Crippen LogP contribution in [0.2, 0.25) is 0 Å². The smallest absolute Gasteiger partial charge is 0.316 e. The molecular weight excluding hydrogens is 371 g/mol. The van der Waals surface area contributed by atoms with Crippen LogP contribution in [0.4, 0.5) is 0 Å². The van der Waals surface area contributed by atoms with Gasteiger partial charge in [0.25, 0.3) is 0 Å². The van der Waals surface area contributed by atoms with Crippen molar-refractivity contribution in [2.75, 3.05) is 13.2 Å². The van der Waals surface area contributed by atoms with Crippen molar-refractivity contribution in [2.45, 2.75) is 32.2 Å². The molecule has 1 heterocycles. The molecule has 148 valence electrons. The molecule has 0 radical (unpaired) electrons. The standard InChI is InChI=1S/C22H27N2O3P/c25-28(26)27-16-6-14-23-17-20-13-12-19(21-11-5-15-24-22(20)21)10-4-9-18-7-2-1-3-8-18/h1-3,5,7-8,11-13,15,23,28H,4,6,9-10,14,16-17H2,(H,25,26). The van der Waals surface area contributed by atoms with Crippen LogP contribution in [0, 0.1) is 0 Å². The summed E-state index contributed by atoms with van der Waals surface area (Å²) in [7, 11) is -2.82. The van der Waals surface area contributed by atoms with E-state index in [1.165, 1.54) is 22.1 Å². The van der Waals surface area contributed by atoms with Crippen molar-refractivity contribution in [1.82, 2.24) is 10.3 Å². The Labute approximate surface area is 166 Å². The number of fused-ring (bicyclic) bond motifs is 1. The van der Waals surface area contributed by atoms with Gasteiger partial charge in [0.15, 0.2) is 0 Å². The van der Waals surface area contributed by atoms with Gasteiger partial charge in [-0.1, -0.05) is 48.5 Å². The Morgan fingerprint density at radius 2 is 1.79 bits per heavy atom. The second-order valence-corrected chi connectivity index (χ2v) is 7.59. The van der Waals surface area contributed by atoms with E-state index in [4.69, 9.17) is 9.42 Å². The van der Waals surface area contributed by atoms with Gasteiger partial charge in [-0.3, -0.25) is 9.55 Å². The monoisotopic (exact) mass is 398 g/mol. The minimum atomic E-state index is -2.82. The van der Waals surface area contributed by atoms with Crippen LogP contribution in [0.5, 0.6) is 0 Å². The lowest BCUT2D eigenvalue weighted by atomic mass is 9.98. The fraction of sp³-hybridized carbons (Fsp3) is 0.318. The Morgan fingerprint density at radius 1 is 0.964 bits per heavy atom. The van der Waals surface area contributed by atoms with E-state index < -0.39 is 8.25 Å². The lowest BCUT2D eigenvalue weighted by molar-refractivity contribution is 0.276. The third-order valence-electron chi connectivity index (χ3n) is 4.74. The van der Waals surface area contributed by atoms with Crippen LogP contribution in [0.1, 0.15) is 29.5 Å². The summed E-state index contributed by atoms with van der Waals surface area (Å²) < 4.78 is 15.2. The van der Waals surface area contributed by atoms with Crippen LogP contribution in [0.3, 0.4) is 0 Å². The molecule has 0 fully saturated rings. The number of aromatic nitrogens is 1. The van der Waals surface area contributed by atoms with E-state index in [1.807, 2.05) is 12.3 Å². The summed E-state index contributed by atoms with van der Waals surface area (Å²) >= 11 is 0. The van der Waals surface area contributed by atoms with Gasteiger partial charge in [0.1, 0.15) is 0 Å². The number of nitrogens with one attached hydrogen (secondary N) is 1. The van der Waals surface area contributed by atoms with Crippen molar-refractivity contribution in [1.29, 1.82) is 0 Å². The lowest BCUT2D eigenvalue weighted by Gasteiger charge is -2.11. The summed E-state index contributed by atoms with van der Waals surface area (Å²) in [6, 6.07) is 19.1. The van der Waals surface area contributed by atoms with Crippen LogP contribution in [-0.2, 0) is 28.5 Å². The van der Waals surface area contributed by atoms with Gasteiger partial charge in [-0.25, -0.2) is 0 Å². The number of pyridine rings is 1. The molecule has 0 bridgehead atoms. The van der Waals surface area contributed by atoms with E-state index in [2.05, 4.69) is 58.8 Å². The van der Waals surface area contributed by atoms with E-state index >= 15 is 0 Å². The van der Waals surface area contributed by atoms with Crippen molar-refractivity contribution in [2.24, 2.45) is 0 Å². The van der Waals surface area contributed by atoms with Gasteiger partial charge in [0.05, 0.1) is 12.1 Å². The number of rotatable bonds is 11. The topological polar surface area (TPSA) is 71.5 Å². The molecule has 2 N–H and O–H groups in total. The molecule has 2 aromatic carbocycles. The van der Waals surface area contributed by atoms with Gasteiger partial charge >= 0.3 is 8.25 Å². The quantitative estimate of drug-likeness (QED) is 0.372. The summed E-state index contributed by atoms with van der Waals surface area (Å²) in [5.41, 5.74) is 4.92. The maximum atomic E-state index is 10.5. The lowest BCUT2D eigenvalue weighted by Crippen LogP contribution is -2.16. The van der Waals surface area contributed by atoms with Crippen molar-refractivity contribution < 1.29 is 14.0 Å². The summed E-state index contributed by atoms with van der Waals surface area (Å²) in [5, 5.41) is 4.58. The highest BCUT2D eigenvalue weighted by atomic mass is 31.1. The minimum Gasteiger partial charge on any atom is -0.326 e. The molecule has 0 aliphatic rings. The third kappa shape index (κ3) is 6.25. The molecular formula is C22H27N2O3P. The second-order valence-electron chi connectivity index (χ2n) is 6.77. The normalized spacial score (nSPS) is 12.3. The molecule has 1 atom stereocenters. The zero-order chi connectivity index (χ0) is 19.6. The summed E-state index contributed by atoms with van der Waals surface area (Å²) in [5.74, 6) is 0. The van der Waals surface area contributed by atoms with E-state index in [9.17, 15) is 4.57 Å². The molecule has 5 nitrogen and oxygen atoms in total. The highest BCUT2D eigenvalue weighted by Crippen LogP contribution is 2.23. The Balaban J connectivity index is 1.58. The van der Waals surface area contributed by atoms with Crippen molar-refractivity contribution in [3.63, 3.8) is 0 Å². The van der Waals surface area contributed by atoms with E-state index in [1.54, 1.807) is 0 Å². The Kier molecular flexibility index (Phi) is 8.19. The molecule has 1 unspecified atom stereocenters. The number of nitrogens with zero attached hydrogens (tertiary/aromatic N) is 1. The van der Waals surface area contributed by atoms with Gasteiger partial charge in [0.2, 0.25) is 0 Å². The Bertz CT molecular complexity index is 903. The van der Waals surface area contributed by atoms with Gasteiger partial charge in [0, 0.05) is 18.1 Å². The molecule has 3 aromatic rings. The van der Waals surface area contributed by atoms with Crippen LogP contribution in [-0.4, -0.2) is 23.0 Å². The number of hydrogen-bond donors (Lipinski definition) is 2. The molecule has 28 heavy (non-hydrogen) atoms. The fourth-order valence-electron chi connectivity index (χ4n) is 3.36. The molecule has 0 aliphatic carbocycles. The first kappa shape index (κ1) is 20.7. The third-order valence-corrected chi connectivity index (χ3v) is 5.19. The second kappa shape index (κ2) is 11.1. The maximum absolute atomic E-state index is 10.5. The zero-order valence-corrected chi connectivity index (χ0v) is 16.9. The Morgan fingerprint density at radius 3 is 2.61 bits per heavy atom. The minimum absolute atomic E-state index is 0.292. The van der Waals surface area contributed by atoms with Crippen LogP contribution in [0.25, 0.3) is 10.9 Å². The molecule has 0 amide bonds. The molecule has 0 spiro atoms. The summed E-state index contributed by atoms with van der Waals surface area (Å²) in [6.07, 6.45) is 5.75. The van der Waals surface area contributed by atoms with Crippen molar-refractivity contribution >= 4 is 19.2 Å². The van der Waals surface area contributed by atoms with E-state index in [0.29, 0.717) is 19.6 Å². The molecule has 0 saturated carbocycles. The SMILES string of the molecule is O=[PH](O)OCCCNCc1ccc(CCCc2ccccc2)c2cccnc12. The van der Waals surface area contributed by atoms with Crippen LogP contribution < -0.4 is 5.32 Å². The number of hydrogen-bond acceptors (Lipinski definition) is 4. The molecule has 0 aliphatic heterocycles. The van der Waals surface area contributed by atoms with E-state index in [0.717, 1.165) is 31.3 Å². The van der Waals surface area contributed by atoms with E-state index in [-0.39, 0.29) is 0 Å². The predicted molar refractivity (Wildman–Crippen MR) is 114 cm³/mol. The molecule has 6 heteroatoms. The van der Waals surface area contributed by atoms with Crippen LogP contribution in [0.15, 0.2) is 60.8 Å². The first-order valence-electron chi connectivity index (χ1n) is 9.70. The Hall–Kier alpha value is -2.04. The van der Waals surface area contributed by atoms with Gasteiger partial charge < -0.3 is 14.7 Å². The zero-order valence-electron chi connectivity index (χ0n) is 15.9. The highest BCUT2D eigenvalue weighted by molar-refractivity contribution is 7.32. The van der Waals surface area contributed by atoms with Crippen LogP contribution >= 0.6 is 8.25 Å². The van der Waals surface area contributed by atoms with Gasteiger partial charge in [-0.05, 0) is 55.0 Å². The first-order valence-corrected chi connectivity index (χ1v) is 11.0. The summed E-state index contributed by atoms with van der Waals surface area (Å²) in [6.45, 7) is 1.73. The van der Waals surface area contributed by atoms with Gasteiger partial charge in [-0.15, -0.1) is 0 Å². The van der Waals surface area contributed by atoms with Gasteiger partial charge in [-0.2, -0.15) is 0 Å². The maximum Gasteiger partial charge on any atom is 0.316 e. The molecule has 0 saturated heterocycles. The van der Waals surface area contributed by atoms with Crippen molar-refractivity contribution in [3.05, 3.63) is 77.5 Å². The number of aryl methyl sites for hydroxylation is 2. The molecule has 3 rings (SSSR count).